The van der Waals surface area contributed by atoms with E-state index < -0.39 is 6.04 Å². The van der Waals surface area contributed by atoms with Crippen LogP contribution in [0.3, 0.4) is 0 Å². The Kier molecular flexibility index (Phi) is 4.28. The highest BCUT2D eigenvalue weighted by molar-refractivity contribution is 5.82. The van der Waals surface area contributed by atoms with Crippen LogP contribution in [0.1, 0.15) is 26.6 Å². The standard InChI is InChI=1S/C12H22N4O/c1-12(2,3)10(13)11(17)15-6-5-9-14-7-8-16(9)4/h7-8,10H,5-6,13H2,1-4H3,(H,15,17). The third-order valence-corrected chi connectivity index (χ3v) is 2.78. The van der Waals surface area contributed by atoms with Crippen LogP contribution in [0.4, 0.5) is 0 Å². The number of nitrogens with one attached hydrogen (secondary N) is 1. The highest BCUT2D eigenvalue weighted by Crippen LogP contribution is 2.16. The van der Waals surface area contributed by atoms with Gasteiger partial charge in [-0.1, -0.05) is 20.8 Å². The summed E-state index contributed by atoms with van der Waals surface area (Å²) >= 11 is 0. The minimum Gasteiger partial charge on any atom is -0.354 e. The fraction of sp³-hybridized carbons (Fsp3) is 0.667. The smallest absolute Gasteiger partial charge is 0.237 e. The number of aryl methyl sites for hydroxylation is 1. The van der Waals surface area contributed by atoms with Crippen LogP contribution in [-0.2, 0) is 18.3 Å². The molecule has 96 valence electrons. The van der Waals surface area contributed by atoms with Gasteiger partial charge in [-0.2, -0.15) is 0 Å². The van der Waals surface area contributed by atoms with E-state index in [1.165, 1.54) is 0 Å². The molecule has 0 aliphatic heterocycles. The van der Waals surface area contributed by atoms with Crippen LogP contribution in [0.2, 0.25) is 0 Å². The van der Waals surface area contributed by atoms with Crippen molar-refractivity contribution in [3.8, 4) is 0 Å². The van der Waals surface area contributed by atoms with Gasteiger partial charge in [0.05, 0.1) is 6.04 Å². The van der Waals surface area contributed by atoms with Gasteiger partial charge in [0.25, 0.3) is 0 Å². The SMILES string of the molecule is Cn1ccnc1CCNC(=O)C(N)C(C)(C)C. The molecule has 3 N–H and O–H groups in total. The first-order valence-electron chi connectivity index (χ1n) is 5.82. The van der Waals surface area contributed by atoms with Crippen molar-refractivity contribution < 1.29 is 4.79 Å². The Hall–Kier alpha value is -1.36. The lowest BCUT2D eigenvalue weighted by Gasteiger charge is -2.25. The van der Waals surface area contributed by atoms with Crippen molar-refractivity contribution in [3.05, 3.63) is 18.2 Å². The van der Waals surface area contributed by atoms with E-state index in [2.05, 4.69) is 10.3 Å². The zero-order valence-electron chi connectivity index (χ0n) is 11.0. The molecule has 1 aromatic heterocycles. The van der Waals surface area contributed by atoms with Crippen molar-refractivity contribution in [2.75, 3.05) is 6.54 Å². The van der Waals surface area contributed by atoms with Crippen LogP contribution in [-0.4, -0.2) is 28.0 Å². The van der Waals surface area contributed by atoms with E-state index >= 15 is 0 Å². The molecule has 0 saturated carbocycles. The minimum atomic E-state index is -0.483. The molecule has 0 aromatic carbocycles. The van der Waals surface area contributed by atoms with Gasteiger partial charge in [0.1, 0.15) is 5.82 Å². The third-order valence-electron chi connectivity index (χ3n) is 2.78. The van der Waals surface area contributed by atoms with E-state index in [1.54, 1.807) is 6.20 Å². The first-order valence-corrected chi connectivity index (χ1v) is 5.82. The Morgan fingerprint density at radius 1 is 1.59 bits per heavy atom. The summed E-state index contributed by atoms with van der Waals surface area (Å²) in [5.41, 5.74) is 5.64. The second-order valence-electron chi connectivity index (χ2n) is 5.34. The summed E-state index contributed by atoms with van der Waals surface area (Å²) in [5.74, 6) is 0.848. The second kappa shape index (κ2) is 5.31. The quantitative estimate of drug-likeness (QED) is 0.800. The topological polar surface area (TPSA) is 72.9 Å². The molecule has 1 rings (SSSR count). The number of amides is 1. The second-order valence-corrected chi connectivity index (χ2v) is 5.34. The summed E-state index contributed by atoms with van der Waals surface area (Å²) in [5, 5.41) is 2.84. The maximum atomic E-state index is 11.7. The Bertz CT molecular complexity index is 378. The summed E-state index contributed by atoms with van der Waals surface area (Å²) in [4.78, 5) is 15.9. The van der Waals surface area contributed by atoms with E-state index in [1.807, 2.05) is 38.6 Å². The van der Waals surface area contributed by atoms with Crippen molar-refractivity contribution in [2.24, 2.45) is 18.2 Å². The normalized spacial score (nSPS) is 13.5. The molecule has 0 aliphatic rings. The fourth-order valence-electron chi connectivity index (χ4n) is 1.44. The molecule has 0 bridgehead atoms. The number of carbonyl (C=O) groups excluding carboxylic acids is 1. The van der Waals surface area contributed by atoms with E-state index in [4.69, 9.17) is 5.73 Å². The molecule has 17 heavy (non-hydrogen) atoms. The summed E-state index contributed by atoms with van der Waals surface area (Å²) < 4.78 is 1.94. The first-order chi connectivity index (χ1) is 7.82. The fourth-order valence-corrected chi connectivity index (χ4v) is 1.44. The highest BCUT2D eigenvalue weighted by Gasteiger charge is 2.26. The van der Waals surface area contributed by atoms with Crippen molar-refractivity contribution in [3.63, 3.8) is 0 Å². The average Bonchev–Trinajstić information content (AvgIpc) is 2.62. The molecule has 1 unspecified atom stereocenters. The van der Waals surface area contributed by atoms with E-state index in [0.29, 0.717) is 13.0 Å². The molecular weight excluding hydrogens is 216 g/mol. The number of imidazole rings is 1. The Balaban J connectivity index is 2.37. The van der Waals surface area contributed by atoms with Crippen LogP contribution >= 0.6 is 0 Å². The number of hydrogen-bond donors (Lipinski definition) is 2. The summed E-state index contributed by atoms with van der Waals surface area (Å²) in [6.07, 6.45) is 4.35. The number of nitrogens with zero attached hydrogens (tertiary/aromatic N) is 2. The molecule has 0 fully saturated rings. The van der Waals surface area contributed by atoms with Gasteiger partial charge in [-0.05, 0) is 5.41 Å². The lowest BCUT2D eigenvalue weighted by atomic mass is 9.87. The van der Waals surface area contributed by atoms with Crippen molar-refractivity contribution >= 4 is 5.91 Å². The summed E-state index contributed by atoms with van der Waals surface area (Å²) in [7, 11) is 1.94. The molecular formula is C12H22N4O. The van der Waals surface area contributed by atoms with Gasteiger partial charge in [-0.25, -0.2) is 4.98 Å². The maximum absolute atomic E-state index is 11.7. The molecule has 1 amide bonds. The van der Waals surface area contributed by atoms with Gasteiger partial charge >= 0.3 is 0 Å². The predicted molar refractivity (Wildman–Crippen MR) is 67.4 cm³/mol. The molecule has 5 nitrogen and oxygen atoms in total. The van der Waals surface area contributed by atoms with Crippen LogP contribution in [0.25, 0.3) is 0 Å². The number of hydrogen-bond acceptors (Lipinski definition) is 3. The summed E-state index contributed by atoms with van der Waals surface area (Å²) in [6.45, 7) is 6.43. The number of nitrogens with two attached hydrogens (primary N) is 1. The summed E-state index contributed by atoms with van der Waals surface area (Å²) in [6, 6.07) is -0.483. The third kappa shape index (κ3) is 3.85. The zero-order valence-corrected chi connectivity index (χ0v) is 11.0. The molecule has 0 saturated heterocycles. The van der Waals surface area contributed by atoms with E-state index in [-0.39, 0.29) is 11.3 Å². The minimum absolute atomic E-state index is 0.105. The Morgan fingerprint density at radius 2 is 2.24 bits per heavy atom. The first kappa shape index (κ1) is 13.7. The maximum Gasteiger partial charge on any atom is 0.237 e. The van der Waals surface area contributed by atoms with Gasteiger partial charge in [0.15, 0.2) is 0 Å². The largest absolute Gasteiger partial charge is 0.354 e. The van der Waals surface area contributed by atoms with Crippen LogP contribution in [0.5, 0.6) is 0 Å². The molecule has 1 heterocycles. The Labute approximate surface area is 102 Å². The molecule has 1 atom stereocenters. The highest BCUT2D eigenvalue weighted by atomic mass is 16.2. The van der Waals surface area contributed by atoms with Crippen LogP contribution in [0.15, 0.2) is 12.4 Å². The zero-order chi connectivity index (χ0) is 13.1. The van der Waals surface area contributed by atoms with Gasteiger partial charge in [0, 0.05) is 32.4 Å². The van der Waals surface area contributed by atoms with E-state index in [0.717, 1.165) is 5.82 Å². The molecule has 0 spiro atoms. The van der Waals surface area contributed by atoms with Crippen molar-refractivity contribution in [1.29, 1.82) is 0 Å². The van der Waals surface area contributed by atoms with Crippen molar-refractivity contribution in [2.45, 2.75) is 33.2 Å². The predicted octanol–water partition coefficient (Wildman–Crippen LogP) is 0.452. The lowest BCUT2D eigenvalue weighted by molar-refractivity contribution is -0.124. The molecule has 5 heteroatoms. The van der Waals surface area contributed by atoms with Gasteiger partial charge < -0.3 is 15.6 Å². The van der Waals surface area contributed by atoms with Crippen LogP contribution in [0, 0.1) is 5.41 Å². The molecule has 0 aliphatic carbocycles. The lowest BCUT2D eigenvalue weighted by Crippen LogP contribution is -2.49. The van der Waals surface area contributed by atoms with Crippen molar-refractivity contribution in [1.82, 2.24) is 14.9 Å². The van der Waals surface area contributed by atoms with Crippen LogP contribution < -0.4 is 11.1 Å². The van der Waals surface area contributed by atoms with Gasteiger partial charge in [-0.15, -0.1) is 0 Å². The molecule has 1 aromatic rings. The Morgan fingerprint density at radius 3 is 2.71 bits per heavy atom. The average molecular weight is 238 g/mol. The van der Waals surface area contributed by atoms with Gasteiger partial charge in [0.2, 0.25) is 5.91 Å². The van der Waals surface area contributed by atoms with E-state index in [9.17, 15) is 4.79 Å². The number of rotatable bonds is 4. The number of carbonyl (C=O) groups is 1. The number of aromatic nitrogens is 2. The molecule has 0 radical (unpaired) electrons. The monoisotopic (exact) mass is 238 g/mol. The van der Waals surface area contributed by atoms with Gasteiger partial charge in [-0.3, -0.25) is 4.79 Å².